The van der Waals surface area contributed by atoms with Crippen LogP contribution in [0.15, 0.2) is 12.1 Å². The highest BCUT2D eigenvalue weighted by Gasteiger charge is 2.13. The van der Waals surface area contributed by atoms with Crippen molar-refractivity contribution >= 4 is 22.4 Å². The third kappa shape index (κ3) is 2.43. The highest BCUT2D eigenvalue weighted by atomic mass is 32.1. The molecule has 0 bridgehead atoms. The van der Waals surface area contributed by atoms with E-state index in [1.165, 1.54) is 0 Å². The number of hydrogen-bond donors (Lipinski definition) is 1. The van der Waals surface area contributed by atoms with E-state index in [2.05, 4.69) is 20.1 Å². The van der Waals surface area contributed by atoms with E-state index in [4.69, 9.17) is 14.2 Å². The fourth-order valence-corrected chi connectivity index (χ4v) is 1.85. The molecule has 0 aliphatic carbocycles. The molecule has 0 spiro atoms. The molecule has 2 rings (SSSR count). The highest BCUT2D eigenvalue weighted by molar-refractivity contribution is 7.09. The van der Waals surface area contributed by atoms with E-state index >= 15 is 0 Å². The van der Waals surface area contributed by atoms with E-state index < -0.39 is 0 Å². The van der Waals surface area contributed by atoms with Gasteiger partial charge in [-0.1, -0.05) is 9.59 Å². The van der Waals surface area contributed by atoms with Gasteiger partial charge in [0.1, 0.15) is 0 Å². The Morgan fingerprint density at radius 2 is 1.72 bits per heavy atom. The average molecular weight is 268 g/mol. The molecule has 1 N–H and O–H groups in total. The third-order valence-electron chi connectivity index (χ3n) is 2.22. The lowest BCUT2D eigenvalue weighted by Gasteiger charge is -2.13. The summed E-state index contributed by atoms with van der Waals surface area (Å²) >= 11 is 1.16. The van der Waals surface area contributed by atoms with Gasteiger partial charge in [0.2, 0.25) is 10.9 Å². The number of anilines is 2. The maximum Gasteiger partial charge on any atom is 0.229 e. The van der Waals surface area contributed by atoms with Crippen LogP contribution in [0.3, 0.4) is 0 Å². The van der Waals surface area contributed by atoms with Crippen molar-refractivity contribution in [3.05, 3.63) is 12.1 Å². The molecule has 8 heteroatoms. The van der Waals surface area contributed by atoms with Crippen LogP contribution < -0.4 is 19.5 Å². The van der Waals surface area contributed by atoms with Crippen LogP contribution in [0.1, 0.15) is 0 Å². The minimum absolute atomic E-state index is 0.543. The van der Waals surface area contributed by atoms with Crippen molar-refractivity contribution in [2.24, 2.45) is 0 Å². The number of ether oxygens (including phenoxy) is 3. The second kappa shape index (κ2) is 5.50. The van der Waals surface area contributed by atoms with Gasteiger partial charge < -0.3 is 19.5 Å². The Balaban J connectivity index is 2.37. The molecule has 0 aliphatic rings. The van der Waals surface area contributed by atoms with Crippen LogP contribution in [0.5, 0.6) is 17.2 Å². The number of rotatable bonds is 5. The summed E-state index contributed by atoms with van der Waals surface area (Å²) in [6.07, 6.45) is 0. The van der Waals surface area contributed by atoms with Crippen molar-refractivity contribution in [3.63, 3.8) is 0 Å². The monoisotopic (exact) mass is 268 g/mol. The number of nitrogens with one attached hydrogen (secondary N) is 1. The first kappa shape index (κ1) is 12.4. The molecule has 1 aromatic heterocycles. The van der Waals surface area contributed by atoms with Crippen LogP contribution in [0.25, 0.3) is 0 Å². The highest BCUT2D eigenvalue weighted by Crippen LogP contribution is 2.40. The molecule has 18 heavy (non-hydrogen) atoms. The van der Waals surface area contributed by atoms with E-state index in [9.17, 15) is 0 Å². The summed E-state index contributed by atoms with van der Waals surface area (Å²) in [5.74, 6) is 1.68. The largest absolute Gasteiger partial charge is 0.493 e. The molecule has 0 saturated carbocycles. The topological polar surface area (TPSA) is 78.4 Å². The lowest BCUT2D eigenvalue weighted by Crippen LogP contribution is -1.97. The molecular formula is C10H12N4O3S. The molecule has 0 aliphatic heterocycles. The fourth-order valence-electron chi connectivity index (χ4n) is 1.46. The third-order valence-corrected chi connectivity index (χ3v) is 2.73. The fraction of sp³-hybridized carbons (Fsp3) is 0.300. The Bertz CT molecular complexity index is 493. The Kier molecular flexibility index (Phi) is 3.78. The van der Waals surface area contributed by atoms with Gasteiger partial charge in [-0.2, -0.15) is 0 Å². The number of methoxy groups -OCH3 is 3. The van der Waals surface area contributed by atoms with Crippen LogP contribution in [0, 0.1) is 0 Å². The van der Waals surface area contributed by atoms with Crippen LogP contribution in [0.4, 0.5) is 10.8 Å². The predicted octanol–water partition coefficient (Wildman–Crippen LogP) is 1.70. The van der Waals surface area contributed by atoms with Gasteiger partial charge in [0.05, 0.1) is 21.3 Å². The van der Waals surface area contributed by atoms with Crippen molar-refractivity contribution in [1.29, 1.82) is 0 Å². The zero-order valence-corrected chi connectivity index (χ0v) is 10.9. The Morgan fingerprint density at radius 1 is 1.06 bits per heavy atom. The van der Waals surface area contributed by atoms with Gasteiger partial charge in [0, 0.05) is 29.4 Å². The van der Waals surface area contributed by atoms with E-state index in [1.54, 1.807) is 33.5 Å². The summed E-state index contributed by atoms with van der Waals surface area (Å²) in [7, 11) is 4.68. The maximum atomic E-state index is 5.25. The van der Waals surface area contributed by atoms with Gasteiger partial charge in [-0.3, -0.25) is 0 Å². The summed E-state index contributed by atoms with van der Waals surface area (Å²) in [4.78, 5) is 0. The molecular weight excluding hydrogens is 256 g/mol. The number of aromatic nitrogens is 3. The minimum Gasteiger partial charge on any atom is -0.493 e. The second-order valence-electron chi connectivity index (χ2n) is 3.21. The van der Waals surface area contributed by atoms with Crippen LogP contribution in [0.2, 0.25) is 0 Å². The summed E-state index contributed by atoms with van der Waals surface area (Å²) in [5, 5.41) is 10.9. The first-order valence-electron chi connectivity index (χ1n) is 5.00. The molecule has 7 nitrogen and oxygen atoms in total. The van der Waals surface area contributed by atoms with Gasteiger partial charge in [0.25, 0.3) is 0 Å². The molecule has 0 fully saturated rings. The summed E-state index contributed by atoms with van der Waals surface area (Å²) in [6, 6.07) is 3.56. The van der Waals surface area contributed by atoms with Crippen LogP contribution in [-0.4, -0.2) is 36.1 Å². The van der Waals surface area contributed by atoms with Gasteiger partial charge in [-0.05, 0) is 5.21 Å². The maximum absolute atomic E-state index is 5.25. The molecule has 1 aromatic carbocycles. The smallest absolute Gasteiger partial charge is 0.229 e. The second-order valence-corrected chi connectivity index (χ2v) is 3.94. The summed E-state index contributed by atoms with van der Waals surface area (Å²) < 4.78 is 19.4. The Labute approximate surface area is 108 Å². The summed E-state index contributed by atoms with van der Waals surface area (Å²) in [5.41, 5.74) is 0.753. The van der Waals surface area contributed by atoms with Gasteiger partial charge >= 0.3 is 0 Å². The quantitative estimate of drug-likeness (QED) is 0.884. The van der Waals surface area contributed by atoms with Gasteiger partial charge in [0.15, 0.2) is 11.5 Å². The first-order chi connectivity index (χ1) is 8.78. The number of benzene rings is 1. The van der Waals surface area contributed by atoms with E-state index in [1.807, 2.05) is 0 Å². The van der Waals surface area contributed by atoms with Crippen molar-refractivity contribution in [1.82, 2.24) is 14.8 Å². The van der Waals surface area contributed by atoms with Gasteiger partial charge in [-0.25, -0.2) is 0 Å². The van der Waals surface area contributed by atoms with E-state index in [0.717, 1.165) is 17.2 Å². The molecule has 96 valence electrons. The van der Waals surface area contributed by atoms with Crippen LogP contribution >= 0.6 is 11.5 Å². The lowest BCUT2D eigenvalue weighted by molar-refractivity contribution is 0.324. The number of nitrogens with zero attached hydrogens (tertiary/aromatic N) is 3. The SMILES string of the molecule is COc1cc(Nc2nnns2)cc(OC)c1OC. The summed E-state index contributed by atoms with van der Waals surface area (Å²) in [6.45, 7) is 0. The van der Waals surface area contributed by atoms with Gasteiger partial charge in [-0.15, -0.1) is 0 Å². The van der Waals surface area contributed by atoms with E-state index in [-0.39, 0.29) is 0 Å². The normalized spacial score (nSPS) is 9.94. The Hall–Kier alpha value is -2.09. The first-order valence-corrected chi connectivity index (χ1v) is 5.78. The molecule has 1 heterocycles. The average Bonchev–Trinajstić information content (AvgIpc) is 2.90. The van der Waals surface area contributed by atoms with Crippen molar-refractivity contribution in [3.8, 4) is 17.2 Å². The lowest BCUT2D eigenvalue weighted by atomic mass is 10.2. The molecule has 0 atom stereocenters. The van der Waals surface area contributed by atoms with Crippen molar-refractivity contribution in [2.45, 2.75) is 0 Å². The predicted molar refractivity (Wildman–Crippen MR) is 67.1 cm³/mol. The zero-order valence-electron chi connectivity index (χ0n) is 10.1. The molecule has 2 aromatic rings. The molecule has 0 amide bonds. The molecule has 0 unspecified atom stereocenters. The van der Waals surface area contributed by atoms with Crippen molar-refractivity contribution in [2.75, 3.05) is 26.6 Å². The van der Waals surface area contributed by atoms with Crippen LogP contribution in [-0.2, 0) is 0 Å². The standard InChI is InChI=1S/C10H12N4O3S/c1-15-7-4-6(11-10-12-13-14-18-10)5-8(16-2)9(7)17-3/h4-5H,1-3H3,(H,11,12,14). The molecule has 0 saturated heterocycles. The number of hydrogen-bond acceptors (Lipinski definition) is 8. The Morgan fingerprint density at radius 3 is 2.17 bits per heavy atom. The molecule has 0 radical (unpaired) electrons. The van der Waals surface area contributed by atoms with Crippen molar-refractivity contribution < 1.29 is 14.2 Å². The minimum atomic E-state index is 0.543. The zero-order chi connectivity index (χ0) is 13.0. The van der Waals surface area contributed by atoms with E-state index in [0.29, 0.717) is 22.4 Å².